The molecule has 1 atom stereocenters. The largest absolute Gasteiger partial charge is 0.480 e. The minimum atomic E-state index is 0.494. The van der Waals surface area contributed by atoms with Gasteiger partial charge in [-0.25, -0.2) is 4.98 Å². The standard InChI is InChI=1S/C10H15N3O/c1-14-10-9(3-2-5-12-10)13-8-4-6-11-7-8/h2-3,5,8,11,13H,4,6-7H2,1H3. The lowest BCUT2D eigenvalue weighted by Gasteiger charge is -2.14. The van der Waals surface area contributed by atoms with Crippen LogP contribution in [-0.4, -0.2) is 31.2 Å². The Labute approximate surface area is 83.7 Å². The summed E-state index contributed by atoms with van der Waals surface area (Å²) in [5.74, 6) is 0.666. The summed E-state index contributed by atoms with van der Waals surface area (Å²) in [5, 5.41) is 6.72. The lowest BCUT2D eigenvalue weighted by atomic mass is 10.2. The van der Waals surface area contributed by atoms with Gasteiger partial charge < -0.3 is 15.4 Å². The lowest BCUT2D eigenvalue weighted by Crippen LogP contribution is -2.22. The number of hydrogen-bond acceptors (Lipinski definition) is 4. The molecule has 0 radical (unpaired) electrons. The number of rotatable bonds is 3. The number of ether oxygens (including phenoxy) is 1. The molecule has 2 N–H and O–H groups in total. The van der Waals surface area contributed by atoms with Gasteiger partial charge in [0, 0.05) is 18.8 Å². The van der Waals surface area contributed by atoms with E-state index >= 15 is 0 Å². The molecule has 0 amide bonds. The van der Waals surface area contributed by atoms with Gasteiger partial charge in [0.25, 0.3) is 0 Å². The fraction of sp³-hybridized carbons (Fsp3) is 0.500. The summed E-state index contributed by atoms with van der Waals surface area (Å²) in [6.45, 7) is 2.10. The van der Waals surface area contributed by atoms with Gasteiger partial charge in [0.1, 0.15) is 0 Å². The average molecular weight is 193 g/mol. The maximum Gasteiger partial charge on any atom is 0.237 e. The summed E-state index contributed by atoms with van der Waals surface area (Å²) < 4.78 is 5.16. The molecule has 1 aliphatic heterocycles. The maximum absolute atomic E-state index is 5.16. The number of aromatic nitrogens is 1. The van der Waals surface area contributed by atoms with Crippen LogP contribution in [0.2, 0.25) is 0 Å². The second kappa shape index (κ2) is 4.28. The van der Waals surface area contributed by atoms with Crippen molar-refractivity contribution in [2.75, 3.05) is 25.5 Å². The summed E-state index contributed by atoms with van der Waals surface area (Å²) >= 11 is 0. The third kappa shape index (κ3) is 1.96. The summed E-state index contributed by atoms with van der Waals surface area (Å²) in [5.41, 5.74) is 0.976. The normalized spacial score (nSPS) is 20.8. The Morgan fingerprint density at radius 2 is 2.57 bits per heavy atom. The Balaban J connectivity index is 2.07. The fourth-order valence-electron chi connectivity index (χ4n) is 1.66. The average Bonchev–Trinajstić information content (AvgIpc) is 2.71. The molecule has 0 bridgehead atoms. The van der Waals surface area contributed by atoms with Crippen molar-refractivity contribution >= 4 is 5.69 Å². The van der Waals surface area contributed by atoms with Crippen molar-refractivity contribution in [3.05, 3.63) is 18.3 Å². The molecule has 0 spiro atoms. The molecule has 14 heavy (non-hydrogen) atoms. The van der Waals surface area contributed by atoms with Crippen LogP contribution in [0.4, 0.5) is 5.69 Å². The molecule has 2 rings (SSSR count). The van der Waals surface area contributed by atoms with Crippen LogP contribution in [0.3, 0.4) is 0 Å². The molecule has 1 aromatic rings. The smallest absolute Gasteiger partial charge is 0.237 e. The highest BCUT2D eigenvalue weighted by molar-refractivity contribution is 5.52. The molecular formula is C10H15N3O. The van der Waals surface area contributed by atoms with Crippen LogP contribution in [-0.2, 0) is 0 Å². The Bertz CT molecular complexity index is 297. The van der Waals surface area contributed by atoms with Crippen LogP contribution in [0.5, 0.6) is 5.88 Å². The van der Waals surface area contributed by atoms with Crippen LogP contribution < -0.4 is 15.4 Å². The number of nitrogens with one attached hydrogen (secondary N) is 2. The van der Waals surface area contributed by atoms with E-state index in [0.29, 0.717) is 11.9 Å². The van der Waals surface area contributed by atoms with Gasteiger partial charge in [-0.15, -0.1) is 0 Å². The second-order valence-electron chi connectivity index (χ2n) is 3.39. The number of methoxy groups -OCH3 is 1. The first-order valence-corrected chi connectivity index (χ1v) is 4.86. The highest BCUT2D eigenvalue weighted by atomic mass is 16.5. The number of hydrogen-bond donors (Lipinski definition) is 2. The van der Waals surface area contributed by atoms with Crippen LogP contribution in [0, 0.1) is 0 Å². The van der Waals surface area contributed by atoms with Gasteiger partial charge in [-0.3, -0.25) is 0 Å². The monoisotopic (exact) mass is 193 g/mol. The fourth-order valence-corrected chi connectivity index (χ4v) is 1.66. The molecule has 4 heteroatoms. The molecule has 1 fully saturated rings. The van der Waals surface area contributed by atoms with Crippen molar-refractivity contribution in [2.24, 2.45) is 0 Å². The van der Waals surface area contributed by atoms with Crippen molar-refractivity contribution < 1.29 is 4.74 Å². The molecular weight excluding hydrogens is 178 g/mol. The molecule has 0 aromatic carbocycles. The Hall–Kier alpha value is -1.29. The molecule has 4 nitrogen and oxygen atoms in total. The summed E-state index contributed by atoms with van der Waals surface area (Å²) in [6, 6.07) is 4.39. The molecule has 0 aliphatic carbocycles. The van der Waals surface area contributed by atoms with Crippen LogP contribution in [0.15, 0.2) is 18.3 Å². The first-order valence-electron chi connectivity index (χ1n) is 4.86. The number of pyridine rings is 1. The van der Waals surface area contributed by atoms with E-state index in [2.05, 4.69) is 15.6 Å². The van der Waals surface area contributed by atoms with Gasteiger partial charge in [-0.05, 0) is 25.1 Å². The van der Waals surface area contributed by atoms with Crippen molar-refractivity contribution in [1.29, 1.82) is 0 Å². The van der Waals surface area contributed by atoms with Gasteiger partial charge in [0.05, 0.1) is 12.8 Å². The molecule has 76 valence electrons. The van der Waals surface area contributed by atoms with E-state index in [-0.39, 0.29) is 0 Å². The Morgan fingerprint density at radius 3 is 3.29 bits per heavy atom. The number of nitrogens with zero attached hydrogens (tertiary/aromatic N) is 1. The quantitative estimate of drug-likeness (QED) is 0.747. The highest BCUT2D eigenvalue weighted by Gasteiger charge is 2.15. The van der Waals surface area contributed by atoms with E-state index in [0.717, 1.165) is 25.2 Å². The zero-order valence-electron chi connectivity index (χ0n) is 8.29. The summed E-state index contributed by atoms with van der Waals surface area (Å²) in [4.78, 5) is 4.13. The predicted molar refractivity (Wildman–Crippen MR) is 55.7 cm³/mol. The zero-order chi connectivity index (χ0) is 9.80. The predicted octanol–water partition coefficient (Wildman–Crippen LogP) is 0.864. The van der Waals surface area contributed by atoms with Crippen LogP contribution in [0.1, 0.15) is 6.42 Å². The SMILES string of the molecule is COc1ncccc1NC1CCNC1. The van der Waals surface area contributed by atoms with Crippen LogP contribution >= 0.6 is 0 Å². The van der Waals surface area contributed by atoms with Crippen LogP contribution in [0.25, 0.3) is 0 Å². The molecule has 1 unspecified atom stereocenters. The van der Waals surface area contributed by atoms with Crippen molar-refractivity contribution in [1.82, 2.24) is 10.3 Å². The Kier molecular flexibility index (Phi) is 2.84. The van der Waals surface area contributed by atoms with E-state index in [1.54, 1.807) is 13.3 Å². The highest BCUT2D eigenvalue weighted by Crippen LogP contribution is 2.21. The first-order chi connectivity index (χ1) is 6.90. The second-order valence-corrected chi connectivity index (χ2v) is 3.39. The molecule has 1 aliphatic rings. The summed E-state index contributed by atoms with van der Waals surface area (Å²) in [6.07, 6.45) is 2.88. The van der Waals surface area contributed by atoms with Gasteiger partial charge in [0.2, 0.25) is 5.88 Å². The van der Waals surface area contributed by atoms with Crippen molar-refractivity contribution in [3.63, 3.8) is 0 Å². The molecule has 1 aromatic heterocycles. The van der Waals surface area contributed by atoms with Gasteiger partial charge in [-0.1, -0.05) is 0 Å². The third-order valence-corrected chi connectivity index (χ3v) is 2.38. The van der Waals surface area contributed by atoms with Crippen molar-refractivity contribution in [2.45, 2.75) is 12.5 Å². The molecule has 0 saturated carbocycles. The molecule has 1 saturated heterocycles. The van der Waals surface area contributed by atoms with Gasteiger partial charge in [-0.2, -0.15) is 0 Å². The van der Waals surface area contributed by atoms with Gasteiger partial charge in [0.15, 0.2) is 0 Å². The lowest BCUT2D eigenvalue weighted by molar-refractivity contribution is 0.399. The van der Waals surface area contributed by atoms with E-state index < -0.39 is 0 Å². The first kappa shape index (κ1) is 9.27. The minimum Gasteiger partial charge on any atom is -0.480 e. The number of anilines is 1. The van der Waals surface area contributed by atoms with E-state index in [1.807, 2.05) is 12.1 Å². The third-order valence-electron chi connectivity index (χ3n) is 2.38. The maximum atomic E-state index is 5.16. The zero-order valence-corrected chi connectivity index (χ0v) is 8.29. The Morgan fingerprint density at radius 1 is 1.64 bits per heavy atom. The van der Waals surface area contributed by atoms with Gasteiger partial charge >= 0.3 is 0 Å². The van der Waals surface area contributed by atoms with E-state index in [4.69, 9.17) is 4.74 Å². The van der Waals surface area contributed by atoms with E-state index in [1.165, 1.54) is 0 Å². The minimum absolute atomic E-state index is 0.494. The topological polar surface area (TPSA) is 46.2 Å². The summed E-state index contributed by atoms with van der Waals surface area (Å²) in [7, 11) is 1.64. The molecule has 2 heterocycles. The van der Waals surface area contributed by atoms with E-state index in [9.17, 15) is 0 Å². The van der Waals surface area contributed by atoms with Crippen molar-refractivity contribution in [3.8, 4) is 5.88 Å².